The number of nitrogens with zero attached hydrogens (tertiary/aromatic N) is 1. The van der Waals surface area contributed by atoms with E-state index in [0.717, 1.165) is 5.56 Å². The zero-order valence-electron chi connectivity index (χ0n) is 10.8. The van der Waals surface area contributed by atoms with E-state index in [2.05, 4.69) is 18.7 Å². The number of hydrogen-bond acceptors (Lipinski definition) is 2. The van der Waals surface area contributed by atoms with Gasteiger partial charge in [-0.2, -0.15) is 0 Å². The van der Waals surface area contributed by atoms with Crippen LogP contribution in [0.2, 0.25) is 5.02 Å². The highest BCUT2D eigenvalue weighted by atomic mass is 35.5. The third-order valence-electron chi connectivity index (χ3n) is 3.04. The molecule has 17 heavy (non-hydrogen) atoms. The van der Waals surface area contributed by atoms with Crippen molar-refractivity contribution in [3.8, 4) is 0 Å². The van der Waals surface area contributed by atoms with Crippen LogP contribution in [0.3, 0.4) is 0 Å². The first-order valence-corrected chi connectivity index (χ1v) is 5.99. The highest BCUT2D eigenvalue weighted by Gasteiger charge is 2.31. The van der Waals surface area contributed by atoms with Crippen molar-refractivity contribution in [1.29, 1.82) is 0 Å². The summed E-state index contributed by atoms with van der Waals surface area (Å²) in [6, 6.07) is 4.95. The van der Waals surface area contributed by atoms with E-state index in [-0.39, 0.29) is 16.5 Å². The van der Waals surface area contributed by atoms with Crippen LogP contribution in [0.15, 0.2) is 18.2 Å². The van der Waals surface area contributed by atoms with Crippen LogP contribution < -0.4 is 5.73 Å². The van der Waals surface area contributed by atoms with Gasteiger partial charge in [0.2, 0.25) is 0 Å². The Balaban J connectivity index is 3.19. The highest BCUT2D eigenvalue weighted by Crippen LogP contribution is 2.37. The van der Waals surface area contributed by atoms with Crippen molar-refractivity contribution in [2.45, 2.75) is 19.9 Å². The molecule has 0 saturated heterocycles. The molecule has 0 heterocycles. The first-order chi connectivity index (χ1) is 7.79. The van der Waals surface area contributed by atoms with E-state index in [1.807, 2.05) is 14.1 Å². The predicted octanol–water partition coefficient (Wildman–Crippen LogP) is 3.07. The van der Waals surface area contributed by atoms with Crippen LogP contribution in [0, 0.1) is 11.2 Å². The van der Waals surface area contributed by atoms with Crippen LogP contribution in [0.1, 0.15) is 25.5 Å². The molecule has 1 aromatic rings. The highest BCUT2D eigenvalue weighted by molar-refractivity contribution is 6.30. The van der Waals surface area contributed by atoms with Gasteiger partial charge in [-0.3, -0.25) is 0 Å². The molecular formula is C13H20ClFN2. The molecule has 0 bridgehead atoms. The van der Waals surface area contributed by atoms with Crippen LogP contribution in [0.4, 0.5) is 4.39 Å². The molecule has 2 nitrogen and oxygen atoms in total. The van der Waals surface area contributed by atoms with E-state index < -0.39 is 5.82 Å². The lowest BCUT2D eigenvalue weighted by atomic mass is 9.80. The Morgan fingerprint density at radius 3 is 2.41 bits per heavy atom. The topological polar surface area (TPSA) is 29.3 Å². The van der Waals surface area contributed by atoms with Crippen molar-refractivity contribution in [1.82, 2.24) is 4.90 Å². The van der Waals surface area contributed by atoms with Gasteiger partial charge in [-0.1, -0.05) is 31.5 Å². The van der Waals surface area contributed by atoms with Gasteiger partial charge in [0.1, 0.15) is 5.82 Å². The second kappa shape index (κ2) is 5.34. The average molecular weight is 259 g/mol. The maximum absolute atomic E-state index is 13.2. The molecule has 1 unspecified atom stereocenters. The standard InChI is InChI=1S/C13H20ClFN2/c1-13(2,8-16)12(17(3)4)9-5-6-11(15)10(14)7-9/h5-7,12H,8,16H2,1-4H3. The molecule has 1 aromatic carbocycles. The van der Waals surface area contributed by atoms with Gasteiger partial charge in [0.05, 0.1) is 5.02 Å². The molecule has 0 aromatic heterocycles. The van der Waals surface area contributed by atoms with E-state index in [0.29, 0.717) is 6.54 Å². The summed E-state index contributed by atoms with van der Waals surface area (Å²) in [4.78, 5) is 2.08. The SMILES string of the molecule is CN(C)C(c1ccc(F)c(Cl)c1)C(C)(C)CN. The zero-order chi connectivity index (χ0) is 13.2. The molecule has 0 aliphatic carbocycles. The molecule has 0 aliphatic heterocycles. The average Bonchev–Trinajstić information content (AvgIpc) is 2.22. The van der Waals surface area contributed by atoms with E-state index >= 15 is 0 Å². The van der Waals surface area contributed by atoms with Crippen molar-refractivity contribution < 1.29 is 4.39 Å². The minimum absolute atomic E-state index is 0.102. The summed E-state index contributed by atoms with van der Waals surface area (Å²) in [5, 5.41) is 0.155. The van der Waals surface area contributed by atoms with E-state index in [4.69, 9.17) is 17.3 Å². The number of benzene rings is 1. The van der Waals surface area contributed by atoms with Gasteiger partial charge in [0, 0.05) is 6.04 Å². The van der Waals surface area contributed by atoms with Gasteiger partial charge in [-0.15, -0.1) is 0 Å². The maximum atomic E-state index is 13.2. The Labute approximate surface area is 108 Å². The summed E-state index contributed by atoms with van der Waals surface area (Å²) in [7, 11) is 3.97. The molecule has 4 heteroatoms. The van der Waals surface area contributed by atoms with Crippen LogP contribution in [0.5, 0.6) is 0 Å². The lowest BCUT2D eigenvalue weighted by Gasteiger charge is -2.38. The summed E-state index contributed by atoms with van der Waals surface area (Å²) in [6.45, 7) is 4.73. The van der Waals surface area contributed by atoms with Gasteiger partial charge < -0.3 is 10.6 Å². The number of rotatable bonds is 4. The van der Waals surface area contributed by atoms with E-state index in [1.165, 1.54) is 6.07 Å². The van der Waals surface area contributed by atoms with Crippen LogP contribution in [-0.2, 0) is 0 Å². The number of nitrogens with two attached hydrogens (primary N) is 1. The smallest absolute Gasteiger partial charge is 0.141 e. The monoisotopic (exact) mass is 258 g/mol. The molecule has 0 amide bonds. The molecule has 2 N–H and O–H groups in total. The summed E-state index contributed by atoms with van der Waals surface area (Å²) >= 11 is 5.83. The Morgan fingerprint density at radius 1 is 1.41 bits per heavy atom. The van der Waals surface area contributed by atoms with Crippen LogP contribution in [-0.4, -0.2) is 25.5 Å². The molecule has 1 atom stereocenters. The van der Waals surface area contributed by atoms with E-state index in [9.17, 15) is 4.39 Å². The fourth-order valence-electron chi connectivity index (χ4n) is 2.24. The van der Waals surface area contributed by atoms with Crippen molar-refractivity contribution in [2.75, 3.05) is 20.6 Å². The first kappa shape index (κ1) is 14.4. The largest absolute Gasteiger partial charge is 0.330 e. The van der Waals surface area contributed by atoms with Gasteiger partial charge in [-0.25, -0.2) is 4.39 Å². The van der Waals surface area contributed by atoms with Crippen LogP contribution >= 0.6 is 11.6 Å². The lowest BCUT2D eigenvalue weighted by molar-refractivity contribution is 0.143. The zero-order valence-corrected chi connectivity index (χ0v) is 11.6. The van der Waals surface area contributed by atoms with Crippen molar-refractivity contribution in [3.63, 3.8) is 0 Å². The summed E-state index contributed by atoms with van der Waals surface area (Å²) in [5.74, 6) is -0.390. The third kappa shape index (κ3) is 3.18. The lowest BCUT2D eigenvalue weighted by Crippen LogP contribution is -2.38. The third-order valence-corrected chi connectivity index (χ3v) is 3.33. The first-order valence-electron chi connectivity index (χ1n) is 5.61. The maximum Gasteiger partial charge on any atom is 0.141 e. The molecular weight excluding hydrogens is 239 g/mol. The molecule has 0 radical (unpaired) electrons. The molecule has 0 aliphatic rings. The minimum atomic E-state index is -0.390. The van der Waals surface area contributed by atoms with Gasteiger partial charge in [-0.05, 0) is 43.8 Å². The quantitative estimate of drug-likeness (QED) is 0.899. The Morgan fingerprint density at radius 2 is 2.00 bits per heavy atom. The van der Waals surface area contributed by atoms with Crippen molar-refractivity contribution >= 4 is 11.6 Å². The van der Waals surface area contributed by atoms with Gasteiger partial charge >= 0.3 is 0 Å². The molecule has 0 saturated carbocycles. The van der Waals surface area contributed by atoms with Crippen LogP contribution in [0.25, 0.3) is 0 Å². The molecule has 96 valence electrons. The second-order valence-electron chi connectivity index (χ2n) is 5.23. The van der Waals surface area contributed by atoms with Gasteiger partial charge in [0.25, 0.3) is 0 Å². The summed E-state index contributed by atoms with van der Waals surface area (Å²) in [5.41, 5.74) is 6.69. The molecule has 0 spiro atoms. The van der Waals surface area contributed by atoms with Gasteiger partial charge in [0.15, 0.2) is 0 Å². The number of halogens is 2. The Kier molecular flexibility index (Phi) is 4.53. The minimum Gasteiger partial charge on any atom is -0.330 e. The number of hydrogen-bond donors (Lipinski definition) is 1. The summed E-state index contributed by atoms with van der Waals surface area (Å²) < 4.78 is 13.2. The Hall–Kier alpha value is -0.640. The fraction of sp³-hybridized carbons (Fsp3) is 0.538. The fourth-order valence-corrected chi connectivity index (χ4v) is 2.43. The summed E-state index contributed by atoms with van der Waals surface area (Å²) in [6.07, 6.45) is 0. The normalized spacial score (nSPS) is 14.1. The molecule has 0 fully saturated rings. The predicted molar refractivity (Wildman–Crippen MR) is 70.7 cm³/mol. The Bertz CT molecular complexity index is 391. The second-order valence-corrected chi connectivity index (χ2v) is 5.64. The molecule has 1 rings (SSSR count). The van der Waals surface area contributed by atoms with Crippen molar-refractivity contribution in [2.24, 2.45) is 11.1 Å². The van der Waals surface area contributed by atoms with E-state index in [1.54, 1.807) is 12.1 Å². The van der Waals surface area contributed by atoms with Crippen molar-refractivity contribution in [3.05, 3.63) is 34.6 Å².